The van der Waals surface area contributed by atoms with Crippen LogP contribution >= 0.6 is 0 Å². The van der Waals surface area contributed by atoms with Crippen molar-refractivity contribution in [3.63, 3.8) is 0 Å². The van der Waals surface area contributed by atoms with Crippen molar-refractivity contribution in [1.29, 1.82) is 0 Å². The van der Waals surface area contributed by atoms with E-state index in [9.17, 15) is 18.0 Å². The third-order valence-corrected chi connectivity index (χ3v) is 3.10. The maximum atomic E-state index is 12.2. The van der Waals surface area contributed by atoms with Crippen molar-refractivity contribution < 1.29 is 22.7 Å². The van der Waals surface area contributed by atoms with E-state index in [0.717, 1.165) is 0 Å². The normalized spacial score (nSPS) is 15.3. The minimum Gasteiger partial charge on any atom is -0.465 e. The molecule has 0 radical (unpaired) electrons. The fourth-order valence-electron chi connectivity index (χ4n) is 2.00. The van der Waals surface area contributed by atoms with Gasteiger partial charge in [0.1, 0.15) is 5.54 Å². The van der Waals surface area contributed by atoms with E-state index >= 15 is 0 Å². The highest BCUT2D eigenvalue weighted by Gasteiger charge is 2.35. The van der Waals surface area contributed by atoms with E-state index in [1.165, 1.54) is 0 Å². The van der Waals surface area contributed by atoms with Crippen LogP contribution in [0.25, 0.3) is 0 Å². The molecular formula is C14H27F3N2O2. The Morgan fingerprint density at radius 3 is 2.19 bits per heavy atom. The van der Waals surface area contributed by atoms with Gasteiger partial charge in [-0.2, -0.15) is 13.2 Å². The van der Waals surface area contributed by atoms with Gasteiger partial charge in [0.25, 0.3) is 0 Å². The van der Waals surface area contributed by atoms with Gasteiger partial charge in [0.15, 0.2) is 0 Å². The van der Waals surface area contributed by atoms with Gasteiger partial charge in [-0.3, -0.25) is 10.1 Å². The molecule has 0 aromatic carbocycles. The van der Waals surface area contributed by atoms with Gasteiger partial charge in [0.05, 0.1) is 13.0 Å². The third kappa shape index (κ3) is 8.93. The molecule has 0 aromatic rings. The molecule has 0 saturated carbocycles. The molecule has 0 heterocycles. The van der Waals surface area contributed by atoms with Crippen molar-refractivity contribution in [2.75, 3.05) is 26.7 Å². The van der Waals surface area contributed by atoms with Crippen molar-refractivity contribution in [3.8, 4) is 0 Å². The summed E-state index contributed by atoms with van der Waals surface area (Å²) in [5.41, 5.74) is -0.892. The number of ether oxygens (including phenoxy) is 1. The Balaban J connectivity index is 4.51. The molecule has 21 heavy (non-hydrogen) atoms. The number of carbonyl (C=O) groups excluding carboxylic acids is 1. The number of nitrogens with zero attached hydrogens (tertiary/aromatic N) is 1. The molecular weight excluding hydrogens is 285 g/mol. The lowest BCUT2D eigenvalue weighted by Gasteiger charge is -2.32. The molecule has 1 unspecified atom stereocenters. The number of carbonyl (C=O) groups is 1. The minimum absolute atomic E-state index is 0.0693. The number of rotatable bonds is 9. The van der Waals surface area contributed by atoms with Crippen LogP contribution in [0.3, 0.4) is 0 Å². The maximum absolute atomic E-state index is 12.2. The Labute approximate surface area is 125 Å². The van der Waals surface area contributed by atoms with Crippen LogP contribution in [-0.4, -0.2) is 55.4 Å². The smallest absolute Gasteiger partial charge is 0.390 e. The van der Waals surface area contributed by atoms with E-state index in [-0.39, 0.29) is 25.2 Å². The summed E-state index contributed by atoms with van der Waals surface area (Å²) in [5, 5.41) is 3.15. The first-order chi connectivity index (χ1) is 9.50. The molecule has 0 aliphatic rings. The summed E-state index contributed by atoms with van der Waals surface area (Å²) < 4.78 is 41.6. The van der Waals surface area contributed by atoms with Gasteiger partial charge < -0.3 is 9.64 Å². The molecule has 0 aliphatic heterocycles. The van der Waals surface area contributed by atoms with Gasteiger partial charge in [-0.25, -0.2) is 0 Å². The second-order valence-corrected chi connectivity index (χ2v) is 5.77. The molecule has 0 saturated heterocycles. The van der Waals surface area contributed by atoms with Gasteiger partial charge in [-0.15, -0.1) is 0 Å². The van der Waals surface area contributed by atoms with Crippen LogP contribution in [0, 0.1) is 0 Å². The SMILES string of the molecule is CCOC(=O)C(C)(CCN(C)CCC(F)(F)F)NC(C)C. The lowest BCUT2D eigenvalue weighted by Crippen LogP contribution is -2.54. The van der Waals surface area contributed by atoms with Gasteiger partial charge >= 0.3 is 12.1 Å². The molecule has 0 aliphatic carbocycles. The Hall–Kier alpha value is -0.820. The second kappa shape index (κ2) is 8.58. The van der Waals surface area contributed by atoms with Gasteiger partial charge in [-0.05, 0) is 41.2 Å². The molecule has 0 bridgehead atoms. The fourth-order valence-corrected chi connectivity index (χ4v) is 2.00. The van der Waals surface area contributed by atoms with Crippen molar-refractivity contribution in [3.05, 3.63) is 0 Å². The summed E-state index contributed by atoms with van der Waals surface area (Å²) in [6.07, 6.45) is -4.62. The van der Waals surface area contributed by atoms with Crippen molar-refractivity contribution in [1.82, 2.24) is 10.2 Å². The van der Waals surface area contributed by atoms with Crippen LogP contribution in [0.1, 0.15) is 40.5 Å². The molecule has 0 amide bonds. The second-order valence-electron chi connectivity index (χ2n) is 5.77. The van der Waals surface area contributed by atoms with Crippen LogP contribution in [0.15, 0.2) is 0 Å². The predicted molar refractivity (Wildman–Crippen MR) is 76.1 cm³/mol. The molecule has 4 nitrogen and oxygen atoms in total. The van der Waals surface area contributed by atoms with Crippen LogP contribution in [-0.2, 0) is 9.53 Å². The summed E-state index contributed by atoms with van der Waals surface area (Å²) >= 11 is 0. The highest BCUT2D eigenvalue weighted by molar-refractivity contribution is 5.80. The first-order valence-corrected chi connectivity index (χ1v) is 7.20. The Morgan fingerprint density at radius 2 is 1.76 bits per heavy atom. The first kappa shape index (κ1) is 20.2. The summed E-state index contributed by atoms with van der Waals surface area (Å²) in [6.45, 7) is 7.84. The summed E-state index contributed by atoms with van der Waals surface area (Å²) in [4.78, 5) is 13.6. The number of hydrogen-bond donors (Lipinski definition) is 1. The number of nitrogens with one attached hydrogen (secondary N) is 1. The van der Waals surface area contributed by atoms with Gasteiger partial charge in [0.2, 0.25) is 0 Å². The van der Waals surface area contributed by atoms with E-state index in [0.29, 0.717) is 13.0 Å². The predicted octanol–water partition coefficient (Wildman–Crippen LogP) is 2.58. The first-order valence-electron chi connectivity index (χ1n) is 7.20. The van der Waals surface area contributed by atoms with E-state index in [4.69, 9.17) is 4.74 Å². The quantitative estimate of drug-likeness (QED) is 0.665. The van der Waals surface area contributed by atoms with E-state index in [2.05, 4.69) is 5.32 Å². The van der Waals surface area contributed by atoms with Crippen LogP contribution < -0.4 is 5.32 Å². The lowest BCUT2D eigenvalue weighted by molar-refractivity contribution is -0.151. The summed E-state index contributed by atoms with van der Waals surface area (Å²) in [7, 11) is 1.62. The standard InChI is InChI=1S/C14H27F3N2O2/c1-6-21-12(20)13(4,18-11(2)3)7-9-19(5)10-8-14(15,16)17/h11,18H,6-10H2,1-5H3. The van der Waals surface area contributed by atoms with Gasteiger partial charge in [-0.1, -0.05) is 0 Å². The molecule has 0 fully saturated rings. The monoisotopic (exact) mass is 312 g/mol. The Kier molecular flexibility index (Phi) is 8.25. The van der Waals surface area contributed by atoms with Gasteiger partial charge in [0, 0.05) is 19.1 Å². The summed E-state index contributed by atoms with van der Waals surface area (Å²) in [5.74, 6) is -0.372. The van der Waals surface area contributed by atoms with E-state index < -0.39 is 18.1 Å². The van der Waals surface area contributed by atoms with Crippen LogP contribution in [0.5, 0.6) is 0 Å². The number of esters is 1. The Bertz CT molecular complexity index is 322. The molecule has 0 spiro atoms. The molecule has 126 valence electrons. The zero-order valence-electron chi connectivity index (χ0n) is 13.5. The van der Waals surface area contributed by atoms with E-state index in [1.807, 2.05) is 13.8 Å². The fraction of sp³-hybridized carbons (Fsp3) is 0.929. The molecule has 1 atom stereocenters. The zero-order chi connectivity index (χ0) is 16.7. The summed E-state index contributed by atoms with van der Waals surface area (Å²) in [6, 6.07) is 0.0693. The molecule has 7 heteroatoms. The van der Waals surface area contributed by atoms with Crippen molar-refractivity contribution in [2.24, 2.45) is 0 Å². The number of halogens is 3. The maximum Gasteiger partial charge on any atom is 0.390 e. The largest absolute Gasteiger partial charge is 0.465 e. The topological polar surface area (TPSA) is 41.6 Å². The van der Waals surface area contributed by atoms with Crippen LogP contribution in [0.4, 0.5) is 13.2 Å². The molecule has 1 N–H and O–H groups in total. The average Bonchev–Trinajstić information content (AvgIpc) is 2.32. The molecule has 0 rings (SSSR count). The highest BCUT2D eigenvalue weighted by atomic mass is 19.4. The van der Waals surface area contributed by atoms with Crippen molar-refractivity contribution in [2.45, 2.75) is 58.3 Å². The zero-order valence-corrected chi connectivity index (χ0v) is 13.5. The third-order valence-electron chi connectivity index (χ3n) is 3.10. The van der Waals surface area contributed by atoms with E-state index in [1.54, 1.807) is 25.8 Å². The Morgan fingerprint density at radius 1 is 1.24 bits per heavy atom. The number of hydrogen-bond acceptors (Lipinski definition) is 4. The lowest BCUT2D eigenvalue weighted by atomic mass is 9.96. The number of alkyl halides is 3. The highest BCUT2D eigenvalue weighted by Crippen LogP contribution is 2.20. The molecule has 0 aromatic heterocycles. The minimum atomic E-state index is -4.16. The van der Waals surface area contributed by atoms with Crippen LogP contribution in [0.2, 0.25) is 0 Å². The van der Waals surface area contributed by atoms with Crippen molar-refractivity contribution >= 4 is 5.97 Å². The average molecular weight is 312 g/mol.